The number of fused-ring (bicyclic) bond motifs is 1. The Morgan fingerprint density at radius 1 is 1.11 bits per heavy atom. The average Bonchev–Trinajstić information content (AvgIpc) is 2.77. The quantitative estimate of drug-likeness (QED) is 0.759. The predicted octanol–water partition coefficient (Wildman–Crippen LogP) is 3.33. The lowest BCUT2D eigenvalue weighted by atomic mass is 10.0. The van der Waals surface area contributed by atoms with E-state index in [0.717, 1.165) is 28.2 Å². The fourth-order valence-electron chi connectivity index (χ4n) is 2.34. The molecule has 0 radical (unpaired) electrons. The first-order chi connectivity index (χ1) is 9.16. The molecule has 2 heterocycles. The van der Waals surface area contributed by atoms with E-state index in [1.807, 2.05) is 31.3 Å². The largest absolute Gasteiger partial charge is 0.324 e. The van der Waals surface area contributed by atoms with E-state index in [2.05, 4.69) is 40.6 Å². The van der Waals surface area contributed by atoms with Crippen LogP contribution in [0.2, 0.25) is 0 Å². The summed E-state index contributed by atoms with van der Waals surface area (Å²) < 4.78 is 2.11. The van der Waals surface area contributed by atoms with Crippen molar-refractivity contribution in [3.63, 3.8) is 0 Å². The first-order valence-corrected chi connectivity index (χ1v) is 6.46. The molecule has 3 heteroatoms. The van der Waals surface area contributed by atoms with Gasteiger partial charge in [-0.2, -0.15) is 0 Å². The second-order valence-corrected chi connectivity index (χ2v) is 4.89. The molecule has 0 aliphatic heterocycles. The minimum atomic E-state index is 0.0659. The number of benzene rings is 1. The van der Waals surface area contributed by atoms with Crippen LogP contribution in [0.15, 0.2) is 48.7 Å². The Hall–Kier alpha value is -2.13. The molecule has 0 bridgehead atoms. The fourth-order valence-corrected chi connectivity index (χ4v) is 2.34. The van der Waals surface area contributed by atoms with Crippen molar-refractivity contribution < 1.29 is 0 Å². The van der Waals surface area contributed by atoms with Gasteiger partial charge in [-0.3, -0.25) is 0 Å². The Bertz CT molecular complexity index is 708. The lowest BCUT2D eigenvalue weighted by molar-refractivity contribution is 0.818. The first kappa shape index (κ1) is 11.9. The van der Waals surface area contributed by atoms with Gasteiger partial charge >= 0.3 is 0 Å². The van der Waals surface area contributed by atoms with Crippen molar-refractivity contribution in [2.45, 2.75) is 19.9 Å². The lowest BCUT2D eigenvalue weighted by Crippen LogP contribution is -2.04. The summed E-state index contributed by atoms with van der Waals surface area (Å²) in [5.74, 6) is 0. The summed E-state index contributed by atoms with van der Waals surface area (Å²) in [5, 5.41) is 0. The molecule has 3 rings (SSSR count). The number of aromatic nitrogens is 2. The first-order valence-electron chi connectivity index (χ1n) is 6.46. The SMILES string of the molecule is Cc1c(-c2ccc(C(C)N)cc2)nc2ccccn12. The van der Waals surface area contributed by atoms with Gasteiger partial charge in [-0.1, -0.05) is 30.3 Å². The van der Waals surface area contributed by atoms with Gasteiger partial charge in [0.1, 0.15) is 5.65 Å². The molecule has 19 heavy (non-hydrogen) atoms. The Morgan fingerprint density at radius 3 is 2.47 bits per heavy atom. The van der Waals surface area contributed by atoms with Crippen molar-refractivity contribution in [1.29, 1.82) is 0 Å². The van der Waals surface area contributed by atoms with E-state index in [4.69, 9.17) is 5.73 Å². The maximum absolute atomic E-state index is 5.87. The number of hydrogen-bond donors (Lipinski definition) is 1. The molecule has 0 saturated carbocycles. The van der Waals surface area contributed by atoms with Gasteiger partial charge < -0.3 is 10.1 Å². The molecule has 0 aliphatic rings. The highest BCUT2D eigenvalue weighted by Gasteiger charge is 2.10. The number of nitrogens with two attached hydrogens (primary N) is 1. The van der Waals surface area contributed by atoms with Crippen LogP contribution in [-0.2, 0) is 0 Å². The number of rotatable bonds is 2. The van der Waals surface area contributed by atoms with E-state index in [-0.39, 0.29) is 6.04 Å². The Labute approximate surface area is 112 Å². The maximum Gasteiger partial charge on any atom is 0.137 e. The van der Waals surface area contributed by atoms with Gasteiger partial charge in [-0.05, 0) is 31.5 Å². The Balaban J connectivity index is 2.11. The third kappa shape index (κ3) is 2.02. The molecule has 0 amide bonds. The molecule has 0 aliphatic carbocycles. The van der Waals surface area contributed by atoms with Crippen LogP contribution in [0.4, 0.5) is 0 Å². The van der Waals surface area contributed by atoms with Crippen molar-refractivity contribution in [2.24, 2.45) is 5.73 Å². The molecule has 2 N–H and O–H groups in total. The molecule has 0 spiro atoms. The highest BCUT2D eigenvalue weighted by molar-refractivity contribution is 5.66. The summed E-state index contributed by atoms with van der Waals surface area (Å²) in [5.41, 5.74) is 11.3. The zero-order valence-electron chi connectivity index (χ0n) is 11.2. The number of hydrogen-bond acceptors (Lipinski definition) is 2. The van der Waals surface area contributed by atoms with Crippen LogP contribution in [0.25, 0.3) is 16.9 Å². The molecule has 0 saturated heterocycles. The van der Waals surface area contributed by atoms with Crippen LogP contribution in [-0.4, -0.2) is 9.38 Å². The fraction of sp³-hybridized carbons (Fsp3) is 0.188. The minimum Gasteiger partial charge on any atom is -0.324 e. The summed E-state index contributed by atoms with van der Waals surface area (Å²) in [6.45, 7) is 4.08. The van der Waals surface area contributed by atoms with E-state index in [9.17, 15) is 0 Å². The van der Waals surface area contributed by atoms with Gasteiger partial charge in [0.15, 0.2) is 0 Å². The Morgan fingerprint density at radius 2 is 1.84 bits per heavy atom. The van der Waals surface area contributed by atoms with Crippen molar-refractivity contribution in [2.75, 3.05) is 0 Å². The number of nitrogens with zero attached hydrogens (tertiary/aromatic N) is 2. The van der Waals surface area contributed by atoms with Crippen LogP contribution in [0, 0.1) is 6.92 Å². The molecule has 0 fully saturated rings. The highest BCUT2D eigenvalue weighted by Crippen LogP contribution is 2.24. The third-order valence-corrected chi connectivity index (χ3v) is 3.48. The summed E-state index contributed by atoms with van der Waals surface area (Å²) in [6.07, 6.45) is 2.04. The minimum absolute atomic E-state index is 0.0659. The summed E-state index contributed by atoms with van der Waals surface area (Å²) in [6, 6.07) is 14.4. The molecular weight excluding hydrogens is 234 g/mol. The standard InChI is InChI=1S/C16H17N3/c1-11(17)13-6-8-14(9-7-13)16-12(2)19-10-4-3-5-15(19)18-16/h3-11H,17H2,1-2H3. The third-order valence-electron chi connectivity index (χ3n) is 3.48. The van der Waals surface area contributed by atoms with Crippen LogP contribution < -0.4 is 5.73 Å². The van der Waals surface area contributed by atoms with Crippen molar-refractivity contribution in [3.05, 3.63) is 59.9 Å². The van der Waals surface area contributed by atoms with Crippen molar-refractivity contribution >= 4 is 5.65 Å². The van der Waals surface area contributed by atoms with Gasteiger partial charge in [0, 0.05) is 23.5 Å². The van der Waals surface area contributed by atoms with E-state index < -0.39 is 0 Å². The smallest absolute Gasteiger partial charge is 0.137 e. The topological polar surface area (TPSA) is 43.3 Å². The zero-order valence-corrected chi connectivity index (χ0v) is 11.2. The van der Waals surface area contributed by atoms with E-state index in [1.165, 1.54) is 0 Å². The highest BCUT2D eigenvalue weighted by atomic mass is 15.0. The second kappa shape index (κ2) is 4.52. The summed E-state index contributed by atoms with van der Waals surface area (Å²) in [7, 11) is 0. The van der Waals surface area contributed by atoms with Crippen molar-refractivity contribution in [3.8, 4) is 11.3 Å². The molecule has 1 unspecified atom stereocenters. The predicted molar refractivity (Wildman–Crippen MR) is 78.0 cm³/mol. The van der Waals surface area contributed by atoms with Gasteiger partial charge in [0.2, 0.25) is 0 Å². The monoisotopic (exact) mass is 251 g/mol. The molecule has 1 aromatic carbocycles. The summed E-state index contributed by atoms with van der Waals surface area (Å²) >= 11 is 0. The zero-order chi connectivity index (χ0) is 13.4. The van der Waals surface area contributed by atoms with Gasteiger partial charge in [-0.15, -0.1) is 0 Å². The average molecular weight is 251 g/mol. The van der Waals surface area contributed by atoms with Gasteiger partial charge in [0.05, 0.1) is 5.69 Å². The van der Waals surface area contributed by atoms with Crippen LogP contribution in [0.3, 0.4) is 0 Å². The molecule has 2 aromatic heterocycles. The van der Waals surface area contributed by atoms with E-state index in [1.54, 1.807) is 0 Å². The number of imidazole rings is 1. The van der Waals surface area contributed by atoms with Gasteiger partial charge in [-0.25, -0.2) is 4.98 Å². The molecule has 3 nitrogen and oxygen atoms in total. The van der Waals surface area contributed by atoms with Crippen LogP contribution >= 0.6 is 0 Å². The number of pyridine rings is 1. The molecule has 1 atom stereocenters. The maximum atomic E-state index is 5.87. The summed E-state index contributed by atoms with van der Waals surface area (Å²) in [4.78, 5) is 4.69. The lowest BCUT2D eigenvalue weighted by Gasteiger charge is -2.06. The molecular formula is C16H17N3. The molecule has 3 aromatic rings. The second-order valence-electron chi connectivity index (χ2n) is 4.89. The van der Waals surface area contributed by atoms with Crippen molar-refractivity contribution in [1.82, 2.24) is 9.38 Å². The van der Waals surface area contributed by atoms with E-state index >= 15 is 0 Å². The van der Waals surface area contributed by atoms with Gasteiger partial charge in [0.25, 0.3) is 0 Å². The van der Waals surface area contributed by atoms with Crippen LogP contribution in [0.5, 0.6) is 0 Å². The van der Waals surface area contributed by atoms with E-state index in [0.29, 0.717) is 0 Å². The number of aryl methyl sites for hydroxylation is 1. The Kier molecular flexibility index (Phi) is 2.84. The normalized spacial score (nSPS) is 12.8. The molecule has 96 valence electrons. The van der Waals surface area contributed by atoms with Crippen LogP contribution in [0.1, 0.15) is 24.2 Å².